The number of aliphatic imine (C=N–C) groups is 1. The van der Waals surface area contributed by atoms with Gasteiger partial charge in [-0.15, -0.1) is 0 Å². The summed E-state index contributed by atoms with van der Waals surface area (Å²) in [5.74, 6) is -0.245. The first-order valence-corrected chi connectivity index (χ1v) is 7.49. The Labute approximate surface area is 130 Å². The minimum absolute atomic E-state index is 0.182. The molecule has 1 aliphatic rings. The molecule has 22 heavy (non-hydrogen) atoms. The fourth-order valence-electron chi connectivity index (χ4n) is 2.61. The molecule has 0 bridgehead atoms. The lowest BCUT2D eigenvalue weighted by Crippen LogP contribution is -2.28. The first-order valence-electron chi connectivity index (χ1n) is 7.49. The minimum atomic E-state index is -0.339. The van der Waals surface area contributed by atoms with Crippen LogP contribution in [0.2, 0.25) is 0 Å². The summed E-state index contributed by atoms with van der Waals surface area (Å²) in [7, 11) is 0. The highest BCUT2D eigenvalue weighted by Gasteiger charge is 2.31. The van der Waals surface area contributed by atoms with Gasteiger partial charge in [0.05, 0.1) is 12.2 Å². The lowest BCUT2D eigenvalue weighted by atomic mass is 9.84. The Bertz CT molecular complexity index is 633. The Balaban J connectivity index is 2.35. The molecule has 0 aliphatic carbocycles. The van der Waals surface area contributed by atoms with Crippen LogP contribution in [0, 0.1) is 11.1 Å². The van der Waals surface area contributed by atoms with E-state index in [0.29, 0.717) is 24.3 Å². The average molecular weight is 302 g/mol. The van der Waals surface area contributed by atoms with Crippen molar-refractivity contribution in [2.24, 2.45) is 10.9 Å². The van der Waals surface area contributed by atoms with Crippen molar-refractivity contribution in [2.45, 2.75) is 40.0 Å². The zero-order chi connectivity index (χ0) is 16.3. The fourth-order valence-corrected chi connectivity index (χ4v) is 2.61. The highest BCUT2D eigenvalue weighted by molar-refractivity contribution is 5.96. The van der Waals surface area contributed by atoms with Crippen molar-refractivity contribution in [1.82, 2.24) is 0 Å². The zero-order valence-electron chi connectivity index (χ0n) is 13.5. The quantitative estimate of drug-likeness (QED) is 0.488. The number of ether oxygens (including phenoxy) is 1. The van der Waals surface area contributed by atoms with E-state index < -0.39 is 0 Å². The highest BCUT2D eigenvalue weighted by Crippen LogP contribution is 2.34. The lowest BCUT2D eigenvalue weighted by molar-refractivity contribution is -0.605. The molecule has 1 aliphatic heterocycles. The van der Waals surface area contributed by atoms with Crippen molar-refractivity contribution in [3.05, 3.63) is 46.6 Å². The normalized spacial score (nSPS) is 18.4. The summed E-state index contributed by atoms with van der Waals surface area (Å²) in [4.78, 5) is 16.9. The largest absolute Gasteiger partial charge is 0.619 e. The molecule has 1 aromatic rings. The Morgan fingerprint density at radius 1 is 1.50 bits per heavy atom. The molecule has 0 N–H and O–H groups in total. The third kappa shape index (κ3) is 3.72. The van der Waals surface area contributed by atoms with Crippen molar-refractivity contribution < 1.29 is 14.3 Å². The van der Waals surface area contributed by atoms with Gasteiger partial charge in [-0.3, -0.25) is 4.99 Å². The van der Waals surface area contributed by atoms with Gasteiger partial charge in [0, 0.05) is 29.0 Å². The molecule has 1 aromatic heterocycles. The van der Waals surface area contributed by atoms with Gasteiger partial charge < -0.3 is 9.94 Å². The molecule has 2 heterocycles. The van der Waals surface area contributed by atoms with Crippen molar-refractivity contribution in [1.29, 1.82) is 0 Å². The number of allylic oxidation sites excluding steroid dienone is 1. The molecule has 5 heteroatoms. The molecule has 0 saturated heterocycles. The van der Waals surface area contributed by atoms with Gasteiger partial charge >= 0.3 is 5.97 Å². The van der Waals surface area contributed by atoms with Gasteiger partial charge in [-0.05, 0) is 32.3 Å². The Morgan fingerprint density at radius 2 is 2.23 bits per heavy atom. The smallest absolute Gasteiger partial charge is 0.336 e. The van der Waals surface area contributed by atoms with Crippen molar-refractivity contribution in [3.63, 3.8) is 0 Å². The van der Waals surface area contributed by atoms with Crippen molar-refractivity contribution in [2.75, 3.05) is 6.61 Å². The number of carbonyl (C=O) groups is 1. The maximum Gasteiger partial charge on any atom is 0.336 e. The number of rotatable bonds is 4. The van der Waals surface area contributed by atoms with E-state index in [1.165, 1.54) is 12.4 Å². The van der Waals surface area contributed by atoms with Gasteiger partial charge in [0.1, 0.15) is 0 Å². The molecular weight excluding hydrogens is 280 g/mol. The summed E-state index contributed by atoms with van der Waals surface area (Å²) in [6, 6.07) is 3.55. The fraction of sp³-hybridized carbons (Fsp3) is 0.471. The third-order valence-electron chi connectivity index (χ3n) is 3.56. The minimum Gasteiger partial charge on any atom is -0.619 e. The first kappa shape index (κ1) is 16.2. The van der Waals surface area contributed by atoms with Crippen molar-refractivity contribution >= 4 is 11.7 Å². The van der Waals surface area contributed by atoms with Gasteiger partial charge in [0.15, 0.2) is 12.4 Å². The number of carbonyl (C=O) groups excluding carboxylic acids is 1. The van der Waals surface area contributed by atoms with Gasteiger partial charge in [-0.25, -0.2) is 4.79 Å². The van der Waals surface area contributed by atoms with Crippen LogP contribution in [-0.4, -0.2) is 18.3 Å². The number of hydrogen-bond donors (Lipinski definition) is 0. The molecule has 0 spiro atoms. The predicted octanol–water partition coefficient (Wildman–Crippen LogP) is 2.74. The Morgan fingerprint density at radius 3 is 2.86 bits per heavy atom. The molecule has 0 amide bonds. The van der Waals surface area contributed by atoms with E-state index in [2.05, 4.69) is 4.99 Å². The molecular formula is C17H22N2O3. The molecule has 1 unspecified atom stereocenters. The first-order chi connectivity index (χ1) is 10.4. The maximum absolute atomic E-state index is 12.5. The van der Waals surface area contributed by atoms with Gasteiger partial charge in [0.2, 0.25) is 0 Å². The van der Waals surface area contributed by atoms with Crippen LogP contribution >= 0.6 is 0 Å². The summed E-state index contributed by atoms with van der Waals surface area (Å²) in [6.45, 7) is 8.11. The predicted molar refractivity (Wildman–Crippen MR) is 84.4 cm³/mol. The summed E-state index contributed by atoms with van der Waals surface area (Å²) >= 11 is 0. The maximum atomic E-state index is 12.5. The Kier molecular flexibility index (Phi) is 4.96. The standard InChI is InChI=1S/C17H22N2O3/c1-11(2)10-22-17(20)16-13(4)18-12(3)8-15(16)14-6-5-7-19(21)9-14/h5-7,9,11,15H,8,10H2,1-4H3. The number of pyridine rings is 1. The number of aromatic nitrogens is 1. The molecule has 118 valence electrons. The topological polar surface area (TPSA) is 65.6 Å². The van der Waals surface area contributed by atoms with Crippen LogP contribution in [0.4, 0.5) is 0 Å². The van der Waals surface area contributed by atoms with Crippen LogP contribution in [0.3, 0.4) is 0 Å². The van der Waals surface area contributed by atoms with E-state index in [9.17, 15) is 10.0 Å². The molecule has 0 fully saturated rings. The van der Waals surface area contributed by atoms with E-state index in [0.717, 1.165) is 16.0 Å². The monoisotopic (exact) mass is 302 g/mol. The lowest BCUT2D eigenvalue weighted by Gasteiger charge is -2.24. The van der Waals surface area contributed by atoms with Crippen molar-refractivity contribution in [3.8, 4) is 0 Å². The summed E-state index contributed by atoms with van der Waals surface area (Å²) < 4.78 is 6.13. The third-order valence-corrected chi connectivity index (χ3v) is 3.56. The van der Waals surface area contributed by atoms with E-state index in [4.69, 9.17) is 4.74 Å². The zero-order valence-corrected chi connectivity index (χ0v) is 13.5. The van der Waals surface area contributed by atoms with Gasteiger partial charge in [-0.2, -0.15) is 4.73 Å². The summed E-state index contributed by atoms with van der Waals surface area (Å²) in [6.07, 6.45) is 3.56. The van der Waals surface area contributed by atoms with Crippen LogP contribution < -0.4 is 4.73 Å². The van der Waals surface area contributed by atoms with E-state index in [1.807, 2.05) is 33.8 Å². The van der Waals surface area contributed by atoms with Gasteiger partial charge in [-0.1, -0.05) is 13.8 Å². The summed E-state index contributed by atoms with van der Waals surface area (Å²) in [5, 5.41) is 11.5. The van der Waals surface area contributed by atoms with Crippen LogP contribution in [0.5, 0.6) is 0 Å². The molecule has 5 nitrogen and oxygen atoms in total. The SMILES string of the molecule is CC1=NC(C)=C(C(=O)OCC(C)C)C(c2ccc[n+]([O-])c2)C1. The Hall–Kier alpha value is -2.17. The second kappa shape index (κ2) is 6.73. The molecule has 1 atom stereocenters. The average Bonchev–Trinajstić information content (AvgIpc) is 2.44. The molecule has 0 aromatic carbocycles. The second-order valence-corrected chi connectivity index (χ2v) is 6.09. The van der Waals surface area contributed by atoms with E-state index >= 15 is 0 Å². The second-order valence-electron chi connectivity index (χ2n) is 6.09. The molecule has 2 rings (SSSR count). The number of nitrogens with zero attached hydrogens (tertiary/aromatic N) is 2. The van der Waals surface area contributed by atoms with Crippen LogP contribution in [0.15, 0.2) is 40.8 Å². The van der Waals surface area contributed by atoms with Crippen LogP contribution in [0.25, 0.3) is 0 Å². The molecule has 0 radical (unpaired) electrons. The molecule has 0 saturated carbocycles. The highest BCUT2D eigenvalue weighted by atomic mass is 16.5. The van der Waals surface area contributed by atoms with Crippen LogP contribution in [-0.2, 0) is 9.53 Å². The number of esters is 1. The van der Waals surface area contributed by atoms with Gasteiger partial charge in [0.25, 0.3) is 0 Å². The summed E-state index contributed by atoms with van der Waals surface area (Å²) in [5.41, 5.74) is 2.98. The number of hydrogen-bond acceptors (Lipinski definition) is 4. The van der Waals surface area contributed by atoms with E-state index in [1.54, 1.807) is 6.07 Å². The van der Waals surface area contributed by atoms with Crippen LogP contribution in [0.1, 0.15) is 45.6 Å². The van der Waals surface area contributed by atoms with E-state index in [-0.39, 0.29) is 17.8 Å².